The monoisotopic (exact) mass is 357 g/mol. The van der Waals surface area contributed by atoms with Gasteiger partial charge in [-0.2, -0.15) is 0 Å². The van der Waals surface area contributed by atoms with E-state index in [2.05, 4.69) is 45.5 Å². The average molecular weight is 359 g/mol. The predicted octanol–water partition coefficient (Wildman–Crippen LogP) is 6.51. The van der Waals surface area contributed by atoms with E-state index in [1.807, 2.05) is 48.5 Å². The van der Waals surface area contributed by atoms with Crippen molar-refractivity contribution in [2.24, 2.45) is 0 Å². The normalized spacial score (nSPS) is 10.4. The van der Waals surface area contributed by atoms with Crippen LogP contribution in [0.5, 0.6) is 0 Å². The van der Waals surface area contributed by atoms with E-state index in [1.165, 1.54) is 5.56 Å². The molecule has 1 nitrogen and oxygen atoms in total. The van der Waals surface area contributed by atoms with Crippen molar-refractivity contribution in [3.8, 4) is 11.1 Å². The molecular weight excluding hydrogens is 346 g/mol. The fraction of sp³-hybridized carbons (Fsp3) is 0. The van der Waals surface area contributed by atoms with Crippen molar-refractivity contribution in [3.63, 3.8) is 0 Å². The van der Waals surface area contributed by atoms with E-state index in [0.717, 1.165) is 21.4 Å². The standard InChI is InChI=1S/C18H13BrClN/c19-16-11-10-14(20)12-18(16)21-17-9-5-4-8-15(17)13-6-2-1-3-7-13/h1-12,21H. The molecule has 3 aromatic rings. The van der Waals surface area contributed by atoms with E-state index in [0.29, 0.717) is 5.02 Å². The molecule has 0 saturated heterocycles. The van der Waals surface area contributed by atoms with Crippen LogP contribution in [-0.4, -0.2) is 0 Å². The van der Waals surface area contributed by atoms with Crippen LogP contribution in [0.3, 0.4) is 0 Å². The van der Waals surface area contributed by atoms with Crippen molar-refractivity contribution in [1.29, 1.82) is 0 Å². The molecule has 3 heteroatoms. The summed E-state index contributed by atoms with van der Waals surface area (Å²) in [5.41, 5.74) is 4.33. The second-order valence-electron chi connectivity index (χ2n) is 4.66. The zero-order valence-electron chi connectivity index (χ0n) is 11.2. The maximum absolute atomic E-state index is 6.08. The van der Waals surface area contributed by atoms with Crippen LogP contribution < -0.4 is 5.32 Å². The van der Waals surface area contributed by atoms with Crippen LogP contribution in [0.1, 0.15) is 0 Å². The maximum atomic E-state index is 6.08. The lowest BCUT2D eigenvalue weighted by Gasteiger charge is -2.14. The van der Waals surface area contributed by atoms with Crippen molar-refractivity contribution in [2.45, 2.75) is 0 Å². The van der Waals surface area contributed by atoms with Crippen molar-refractivity contribution >= 4 is 38.9 Å². The lowest BCUT2D eigenvalue weighted by atomic mass is 10.0. The fourth-order valence-electron chi connectivity index (χ4n) is 2.20. The molecule has 0 atom stereocenters. The summed E-state index contributed by atoms with van der Waals surface area (Å²) in [7, 11) is 0. The molecule has 0 aliphatic heterocycles. The Morgan fingerprint density at radius 2 is 1.48 bits per heavy atom. The molecule has 1 N–H and O–H groups in total. The highest BCUT2D eigenvalue weighted by molar-refractivity contribution is 9.10. The van der Waals surface area contributed by atoms with E-state index in [-0.39, 0.29) is 0 Å². The van der Waals surface area contributed by atoms with E-state index >= 15 is 0 Å². The molecule has 21 heavy (non-hydrogen) atoms. The Morgan fingerprint density at radius 3 is 2.29 bits per heavy atom. The lowest BCUT2D eigenvalue weighted by molar-refractivity contribution is 1.51. The molecule has 0 aromatic heterocycles. The number of para-hydroxylation sites is 1. The summed E-state index contributed by atoms with van der Waals surface area (Å²) in [5.74, 6) is 0. The Labute approximate surface area is 137 Å². The molecule has 0 bridgehead atoms. The van der Waals surface area contributed by atoms with Crippen LogP contribution in [0.4, 0.5) is 11.4 Å². The Bertz CT molecular complexity index is 756. The first-order valence-electron chi connectivity index (χ1n) is 6.60. The predicted molar refractivity (Wildman–Crippen MR) is 94.3 cm³/mol. The number of anilines is 2. The Morgan fingerprint density at radius 1 is 0.762 bits per heavy atom. The highest BCUT2D eigenvalue weighted by Gasteiger charge is 2.07. The number of benzene rings is 3. The van der Waals surface area contributed by atoms with Crippen LogP contribution in [0.2, 0.25) is 5.02 Å². The van der Waals surface area contributed by atoms with Gasteiger partial charge in [-0.25, -0.2) is 0 Å². The molecule has 0 amide bonds. The molecule has 0 aliphatic rings. The quantitative estimate of drug-likeness (QED) is 0.562. The number of hydrogen-bond acceptors (Lipinski definition) is 1. The summed E-state index contributed by atoms with van der Waals surface area (Å²) < 4.78 is 0.981. The summed E-state index contributed by atoms with van der Waals surface area (Å²) in [6, 6.07) is 24.3. The highest BCUT2D eigenvalue weighted by atomic mass is 79.9. The van der Waals surface area contributed by atoms with Gasteiger partial charge in [0.1, 0.15) is 0 Å². The van der Waals surface area contributed by atoms with Crippen LogP contribution in [0.25, 0.3) is 11.1 Å². The van der Waals surface area contributed by atoms with Gasteiger partial charge in [0.05, 0.1) is 5.69 Å². The minimum Gasteiger partial charge on any atom is -0.354 e. The first kappa shape index (κ1) is 14.2. The Hall–Kier alpha value is -1.77. The first-order chi connectivity index (χ1) is 10.2. The van der Waals surface area contributed by atoms with Crippen molar-refractivity contribution < 1.29 is 0 Å². The second-order valence-corrected chi connectivity index (χ2v) is 5.95. The molecule has 0 aliphatic carbocycles. The first-order valence-corrected chi connectivity index (χ1v) is 7.77. The van der Waals surface area contributed by atoms with Crippen LogP contribution in [0.15, 0.2) is 77.3 Å². The SMILES string of the molecule is Clc1ccc(Br)c(Nc2ccccc2-c2ccccc2)c1. The van der Waals surface area contributed by atoms with Gasteiger partial charge in [-0.05, 0) is 45.8 Å². The number of hydrogen-bond donors (Lipinski definition) is 1. The molecule has 0 saturated carbocycles. The summed E-state index contributed by atoms with van der Waals surface area (Å²) in [6.45, 7) is 0. The summed E-state index contributed by atoms with van der Waals surface area (Å²) >= 11 is 9.63. The van der Waals surface area contributed by atoms with E-state index in [9.17, 15) is 0 Å². The van der Waals surface area contributed by atoms with Gasteiger partial charge in [-0.15, -0.1) is 0 Å². The van der Waals surface area contributed by atoms with Gasteiger partial charge in [-0.1, -0.05) is 60.1 Å². The average Bonchev–Trinajstić information content (AvgIpc) is 2.52. The van der Waals surface area contributed by atoms with E-state index < -0.39 is 0 Å². The Balaban J connectivity index is 2.02. The molecule has 0 unspecified atom stereocenters. The summed E-state index contributed by atoms with van der Waals surface area (Å²) in [5, 5.41) is 4.16. The second kappa shape index (κ2) is 6.33. The Kier molecular flexibility index (Phi) is 4.28. The molecule has 104 valence electrons. The lowest BCUT2D eigenvalue weighted by Crippen LogP contribution is -1.94. The molecule has 0 fully saturated rings. The molecule has 0 spiro atoms. The molecule has 0 radical (unpaired) electrons. The fourth-order valence-corrected chi connectivity index (χ4v) is 2.72. The highest BCUT2D eigenvalue weighted by Crippen LogP contribution is 2.33. The van der Waals surface area contributed by atoms with Gasteiger partial charge in [0, 0.05) is 20.7 Å². The number of nitrogens with one attached hydrogen (secondary N) is 1. The number of halogens is 2. The maximum Gasteiger partial charge on any atom is 0.0543 e. The van der Waals surface area contributed by atoms with Gasteiger partial charge in [0.15, 0.2) is 0 Å². The molecule has 0 heterocycles. The molecular formula is C18H13BrClN. The van der Waals surface area contributed by atoms with Gasteiger partial charge >= 0.3 is 0 Å². The van der Waals surface area contributed by atoms with Crippen molar-refractivity contribution in [1.82, 2.24) is 0 Å². The van der Waals surface area contributed by atoms with E-state index in [4.69, 9.17) is 11.6 Å². The third-order valence-electron chi connectivity index (χ3n) is 3.21. The van der Waals surface area contributed by atoms with Crippen LogP contribution in [-0.2, 0) is 0 Å². The minimum absolute atomic E-state index is 0.706. The zero-order valence-corrected chi connectivity index (χ0v) is 13.5. The van der Waals surface area contributed by atoms with E-state index in [1.54, 1.807) is 0 Å². The summed E-state index contributed by atoms with van der Waals surface area (Å²) in [6.07, 6.45) is 0. The van der Waals surface area contributed by atoms with Gasteiger partial charge in [-0.3, -0.25) is 0 Å². The molecule has 3 rings (SSSR count). The third kappa shape index (κ3) is 3.29. The van der Waals surface area contributed by atoms with Gasteiger partial charge < -0.3 is 5.32 Å². The third-order valence-corrected chi connectivity index (χ3v) is 4.14. The largest absolute Gasteiger partial charge is 0.354 e. The van der Waals surface area contributed by atoms with Crippen LogP contribution >= 0.6 is 27.5 Å². The smallest absolute Gasteiger partial charge is 0.0543 e. The molecule has 3 aromatic carbocycles. The van der Waals surface area contributed by atoms with Crippen LogP contribution in [0, 0.1) is 0 Å². The van der Waals surface area contributed by atoms with Gasteiger partial charge in [0.25, 0.3) is 0 Å². The zero-order chi connectivity index (χ0) is 14.7. The minimum atomic E-state index is 0.706. The topological polar surface area (TPSA) is 12.0 Å². The number of rotatable bonds is 3. The van der Waals surface area contributed by atoms with Gasteiger partial charge in [0.2, 0.25) is 0 Å². The van der Waals surface area contributed by atoms with Crippen molar-refractivity contribution in [2.75, 3.05) is 5.32 Å². The van der Waals surface area contributed by atoms with Crippen molar-refractivity contribution in [3.05, 3.63) is 82.3 Å². The summed E-state index contributed by atoms with van der Waals surface area (Å²) in [4.78, 5) is 0.